The highest BCUT2D eigenvalue weighted by molar-refractivity contribution is 7.89. The minimum absolute atomic E-state index is 0.112. The third-order valence-electron chi connectivity index (χ3n) is 6.88. The normalized spacial score (nSPS) is 21.6. The Bertz CT molecular complexity index is 1150. The highest BCUT2D eigenvalue weighted by atomic mass is 32.2. The fourth-order valence-corrected chi connectivity index (χ4v) is 8.09. The molecule has 0 saturated carbocycles. The predicted molar refractivity (Wildman–Crippen MR) is 129 cm³/mol. The molecule has 0 radical (unpaired) electrons. The number of likely N-dealkylation sites (N-methyl/N-ethyl adjacent to an activating group) is 1. The number of likely N-dealkylation sites (tertiary alicyclic amines) is 1. The van der Waals surface area contributed by atoms with Crippen molar-refractivity contribution in [1.29, 1.82) is 0 Å². The van der Waals surface area contributed by atoms with Gasteiger partial charge in [-0.05, 0) is 56.0 Å². The molecule has 0 unspecified atom stereocenters. The van der Waals surface area contributed by atoms with Gasteiger partial charge >= 0.3 is 0 Å². The van der Waals surface area contributed by atoms with Crippen LogP contribution in [0.4, 0.5) is 0 Å². The Labute approximate surface area is 198 Å². The quantitative estimate of drug-likeness (QED) is 0.566. The van der Waals surface area contributed by atoms with E-state index in [0.717, 1.165) is 25.8 Å². The third-order valence-corrected chi connectivity index (χ3v) is 10.8. The molecule has 2 aliphatic rings. The number of rotatable bonds is 8. The molecule has 2 atom stereocenters. The van der Waals surface area contributed by atoms with E-state index in [4.69, 9.17) is 0 Å². The van der Waals surface area contributed by atoms with Crippen molar-refractivity contribution in [3.8, 4) is 0 Å². The molecule has 2 saturated heterocycles. The maximum absolute atomic E-state index is 13.5. The number of nitrogens with zero attached hydrogens (tertiary/aromatic N) is 3. The summed E-state index contributed by atoms with van der Waals surface area (Å²) in [5, 5.41) is 0. The zero-order valence-electron chi connectivity index (χ0n) is 19.3. The number of sulfonamides is 2. The summed E-state index contributed by atoms with van der Waals surface area (Å²) < 4.78 is 55.5. The molecule has 2 aliphatic heterocycles. The van der Waals surface area contributed by atoms with Gasteiger partial charge in [-0.25, -0.2) is 16.8 Å². The fraction of sp³-hybridized carbons (Fsp3) is 0.500. The molecule has 33 heavy (non-hydrogen) atoms. The molecule has 180 valence electrons. The molecular weight excluding hydrogens is 458 g/mol. The van der Waals surface area contributed by atoms with E-state index in [-0.39, 0.29) is 21.9 Å². The average Bonchev–Trinajstić information content (AvgIpc) is 3.53. The lowest BCUT2D eigenvalue weighted by atomic mass is 10.1. The molecule has 0 aliphatic carbocycles. The Morgan fingerprint density at radius 2 is 1.52 bits per heavy atom. The smallest absolute Gasteiger partial charge is 0.243 e. The topological polar surface area (TPSA) is 78.0 Å². The Hall–Kier alpha value is -1.78. The summed E-state index contributed by atoms with van der Waals surface area (Å²) in [5.41, 5.74) is 1.22. The second-order valence-electron chi connectivity index (χ2n) is 8.82. The van der Waals surface area contributed by atoms with E-state index >= 15 is 0 Å². The Morgan fingerprint density at radius 1 is 0.909 bits per heavy atom. The van der Waals surface area contributed by atoms with Gasteiger partial charge in [-0.3, -0.25) is 4.90 Å². The van der Waals surface area contributed by atoms with Crippen molar-refractivity contribution in [2.75, 3.05) is 32.7 Å². The van der Waals surface area contributed by atoms with Crippen LogP contribution in [-0.2, 0) is 20.0 Å². The van der Waals surface area contributed by atoms with Crippen LogP contribution in [0.25, 0.3) is 0 Å². The van der Waals surface area contributed by atoms with Crippen LogP contribution in [0.3, 0.4) is 0 Å². The van der Waals surface area contributed by atoms with E-state index < -0.39 is 20.0 Å². The highest BCUT2D eigenvalue weighted by Crippen LogP contribution is 2.30. The molecule has 2 aromatic rings. The van der Waals surface area contributed by atoms with E-state index in [1.54, 1.807) is 4.31 Å². The van der Waals surface area contributed by atoms with Crippen LogP contribution in [0.5, 0.6) is 0 Å². The van der Waals surface area contributed by atoms with E-state index in [2.05, 4.69) is 24.0 Å². The largest absolute Gasteiger partial charge is 0.295 e. The number of hydrogen-bond acceptors (Lipinski definition) is 5. The van der Waals surface area contributed by atoms with Crippen molar-refractivity contribution >= 4 is 20.0 Å². The van der Waals surface area contributed by atoms with Crippen LogP contribution in [-0.4, -0.2) is 69.1 Å². The second kappa shape index (κ2) is 9.84. The summed E-state index contributed by atoms with van der Waals surface area (Å²) in [4.78, 5) is 2.61. The molecule has 2 fully saturated rings. The van der Waals surface area contributed by atoms with Crippen LogP contribution in [0.15, 0.2) is 64.4 Å². The van der Waals surface area contributed by atoms with Crippen LogP contribution < -0.4 is 0 Å². The van der Waals surface area contributed by atoms with Gasteiger partial charge < -0.3 is 0 Å². The van der Waals surface area contributed by atoms with E-state index in [9.17, 15) is 16.8 Å². The number of benzene rings is 2. The maximum Gasteiger partial charge on any atom is 0.243 e. The molecule has 0 spiro atoms. The summed E-state index contributed by atoms with van der Waals surface area (Å²) in [7, 11) is -7.30. The van der Waals surface area contributed by atoms with Gasteiger partial charge in [-0.2, -0.15) is 8.61 Å². The summed E-state index contributed by atoms with van der Waals surface area (Å²) >= 11 is 0. The molecule has 0 N–H and O–H groups in total. The Kier molecular flexibility index (Phi) is 7.26. The molecule has 0 bridgehead atoms. The molecule has 0 aromatic heterocycles. The van der Waals surface area contributed by atoms with E-state index in [0.29, 0.717) is 26.2 Å². The lowest BCUT2D eigenvalue weighted by Gasteiger charge is -2.29. The lowest BCUT2D eigenvalue weighted by Crippen LogP contribution is -2.42. The zero-order valence-corrected chi connectivity index (χ0v) is 20.9. The standard InChI is InChI=1S/C24H33N3O4S2/c1-3-27(22-15-18-25(19-22)20(2)21-9-5-4-6-10-21)33(30,31)24-13-11-23(12-14-24)32(28,29)26-16-7-8-17-26/h4-6,9-14,20,22H,3,7-8,15-19H2,1-2H3/t20-,22+/m1/s1. The van der Waals surface area contributed by atoms with Crippen molar-refractivity contribution in [3.05, 3.63) is 60.2 Å². The van der Waals surface area contributed by atoms with Crippen LogP contribution in [0.2, 0.25) is 0 Å². The SMILES string of the molecule is CCN([C@H]1CCN([C@H](C)c2ccccc2)C1)S(=O)(=O)c1ccc(S(=O)(=O)N2CCCC2)cc1. The van der Waals surface area contributed by atoms with E-state index in [1.807, 2.05) is 25.1 Å². The van der Waals surface area contributed by atoms with Crippen molar-refractivity contribution in [3.63, 3.8) is 0 Å². The minimum Gasteiger partial charge on any atom is -0.295 e. The lowest BCUT2D eigenvalue weighted by molar-refractivity contribution is 0.239. The van der Waals surface area contributed by atoms with Crippen molar-refractivity contribution in [2.24, 2.45) is 0 Å². The predicted octanol–water partition coefficient (Wildman–Crippen LogP) is 3.32. The average molecular weight is 492 g/mol. The molecule has 0 amide bonds. The van der Waals surface area contributed by atoms with E-state index in [1.165, 1.54) is 34.1 Å². The molecule has 4 rings (SSSR count). The summed E-state index contributed by atoms with van der Waals surface area (Å²) in [6.07, 6.45) is 2.49. The number of hydrogen-bond donors (Lipinski definition) is 0. The van der Waals surface area contributed by atoms with Gasteiger partial charge in [0.05, 0.1) is 9.79 Å². The van der Waals surface area contributed by atoms with Gasteiger partial charge in [-0.1, -0.05) is 37.3 Å². The van der Waals surface area contributed by atoms with Crippen LogP contribution in [0, 0.1) is 0 Å². The molecule has 7 nitrogen and oxygen atoms in total. The Morgan fingerprint density at radius 3 is 2.12 bits per heavy atom. The molecule has 2 heterocycles. The van der Waals surface area contributed by atoms with Crippen molar-refractivity contribution < 1.29 is 16.8 Å². The summed E-state index contributed by atoms with van der Waals surface area (Å²) in [6.45, 7) is 6.92. The van der Waals surface area contributed by atoms with Crippen LogP contribution in [0.1, 0.15) is 44.7 Å². The van der Waals surface area contributed by atoms with Gasteiger partial charge in [0.15, 0.2) is 0 Å². The molecule has 9 heteroatoms. The first-order chi connectivity index (χ1) is 15.7. The van der Waals surface area contributed by atoms with Crippen molar-refractivity contribution in [1.82, 2.24) is 13.5 Å². The minimum atomic E-state index is -3.73. The summed E-state index contributed by atoms with van der Waals surface area (Å²) in [6, 6.07) is 16.1. The fourth-order valence-electron chi connectivity index (χ4n) is 4.92. The monoisotopic (exact) mass is 491 g/mol. The van der Waals surface area contributed by atoms with Crippen LogP contribution >= 0.6 is 0 Å². The summed E-state index contributed by atoms with van der Waals surface area (Å²) in [5.74, 6) is 0. The van der Waals surface area contributed by atoms with Crippen molar-refractivity contribution in [2.45, 2.75) is 55.0 Å². The van der Waals surface area contributed by atoms with Gasteiger partial charge in [0.25, 0.3) is 0 Å². The first kappa shape index (κ1) is 24.3. The van der Waals surface area contributed by atoms with Gasteiger partial charge in [0.2, 0.25) is 20.0 Å². The highest BCUT2D eigenvalue weighted by Gasteiger charge is 2.36. The maximum atomic E-state index is 13.5. The first-order valence-electron chi connectivity index (χ1n) is 11.7. The van der Waals surface area contributed by atoms with Gasteiger partial charge in [0, 0.05) is 44.8 Å². The third kappa shape index (κ3) is 4.88. The van der Waals surface area contributed by atoms with Gasteiger partial charge in [-0.15, -0.1) is 0 Å². The molecular formula is C24H33N3O4S2. The Balaban J connectivity index is 1.50. The molecule has 2 aromatic carbocycles. The second-order valence-corrected chi connectivity index (χ2v) is 12.6. The first-order valence-corrected chi connectivity index (χ1v) is 14.5. The van der Waals surface area contributed by atoms with Gasteiger partial charge in [0.1, 0.15) is 0 Å². The zero-order chi connectivity index (χ0) is 23.6.